The van der Waals surface area contributed by atoms with Crippen molar-refractivity contribution >= 4 is 28.8 Å². The van der Waals surface area contributed by atoms with E-state index in [9.17, 15) is 9.59 Å². The molecule has 2 unspecified atom stereocenters. The first-order valence-corrected chi connectivity index (χ1v) is 7.61. The van der Waals surface area contributed by atoms with Gasteiger partial charge in [0, 0.05) is 23.7 Å². The van der Waals surface area contributed by atoms with E-state index in [1.54, 1.807) is 6.20 Å². The highest BCUT2D eigenvalue weighted by Crippen LogP contribution is 2.34. The van der Waals surface area contributed by atoms with E-state index in [4.69, 9.17) is 0 Å². The van der Waals surface area contributed by atoms with Crippen molar-refractivity contribution in [2.24, 2.45) is 0 Å². The number of hydrogen-bond donors (Lipinski definition) is 2. The topological polar surface area (TPSA) is 71.1 Å². The SMILES string of the molecule is CC(NC(=O)CC1C(=O)Nc2ccccc21)c1nccs1. The zero-order valence-corrected chi connectivity index (χ0v) is 12.3. The average molecular weight is 301 g/mol. The van der Waals surface area contributed by atoms with Gasteiger partial charge in [0.1, 0.15) is 5.01 Å². The van der Waals surface area contributed by atoms with Gasteiger partial charge < -0.3 is 10.6 Å². The van der Waals surface area contributed by atoms with Crippen molar-refractivity contribution in [3.63, 3.8) is 0 Å². The quantitative estimate of drug-likeness (QED) is 0.911. The summed E-state index contributed by atoms with van der Waals surface area (Å²) >= 11 is 1.50. The van der Waals surface area contributed by atoms with Crippen LogP contribution in [-0.4, -0.2) is 16.8 Å². The number of nitrogens with one attached hydrogen (secondary N) is 2. The summed E-state index contributed by atoms with van der Waals surface area (Å²) in [5.41, 5.74) is 1.69. The van der Waals surface area contributed by atoms with Crippen LogP contribution in [0.3, 0.4) is 0 Å². The number of rotatable bonds is 4. The fourth-order valence-electron chi connectivity index (χ4n) is 2.47. The Bertz CT molecular complexity index is 669. The lowest BCUT2D eigenvalue weighted by atomic mass is 9.97. The van der Waals surface area contributed by atoms with Gasteiger partial charge in [-0.25, -0.2) is 4.98 Å². The van der Waals surface area contributed by atoms with Gasteiger partial charge in [0.2, 0.25) is 11.8 Å². The molecule has 108 valence electrons. The van der Waals surface area contributed by atoms with Crippen molar-refractivity contribution in [2.75, 3.05) is 5.32 Å². The number of anilines is 1. The number of fused-ring (bicyclic) bond motifs is 1. The molecule has 21 heavy (non-hydrogen) atoms. The molecule has 0 saturated heterocycles. The second-order valence-electron chi connectivity index (χ2n) is 4.99. The predicted molar refractivity (Wildman–Crippen MR) is 81.1 cm³/mol. The van der Waals surface area contributed by atoms with E-state index in [0.29, 0.717) is 0 Å². The number of hydrogen-bond acceptors (Lipinski definition) is 4. The number of carbonyl (C=O) groups excluding carboxylic acids is 2. The maximum Gasteiger partial charge on any atom is 0.232 e. The average Bonchev–Trinajstić information content (AvgIpc) is 3.08. The number of carbonyl (C=O) groups is 2. The molecule has 2 heterocycles. The summed E-state index contributed by atoms with van der Waals surface area (Å²) in [4.78, 5) is 28.3. The Balaban J connectivity index is 1.67. The third kappa shape index (κ3) is 2.80. The Morgan fingerprint density at radius 2 is 2.29 bits per heavy atom. The molecular formula is C15H15N3O2S. The molecule has 1 aromatic carbocycles. The van der Waals surface area contributed by atoms with E-state index < -0.39 is 5.92 Å². The highest BCUT2D eigenvalue weighted by molar-refractivity contribution is 7.09. The third-order valence-electron chi connectivity index (χ3n) is 3.50. The van der Waals surface area contributed by atoms with E-state index in [2.05, 4.69) is 15.6 Å². The Kier molecular flexibility index (Phi) is 3.70. The van der Waals surface area contributed by atoms with Crippen LogP contribution in [0, 0.1) is 0 Å². The summed E-state index contributed by atoms with van der Waals surface area (Å²) in [5, 5.41) is 8.43. The predicted octanol–water partition coefficient (Wildman–Crippen LogP) is 2.45. The van der Waals surface area contributed by atoms with Gasteiger partial charge in [-0.3, -0.25) is 9.59 Å². The second-order valence-corrected chi connectivity index (χ2v) is 5.92. The number of nitrogens with zero attached hydrogens (tertiary/aromatic N) is 1. The van der Waals surface area contributed by atoms with Crippen LogP contribution in [0.1, 0.15) is 35.9 Å². The summed E-state index contributed by atoms with van der Waals surface area (Å²) in [6.07, 6.45) is 1.86. The molecule has 0 bridgehead atoms. The lowest BCUT2D eigenvalue weighted by Gasteiger charge is -2.13. The minimum atomic E-state index is -0.412. The van der Waals surface area contributed by atoms with Crippen LogP contribution in [0.2, 0.25) is 0 Å². The zero-order chi connectivity index (χ0) is 14.8. The summed E-state index contributed by atoms with van der Waals surface area (Å²) in [6.45, 7) is 1.89. The van der Waals surface area contributed by atoms with Crippen molar-refractivity contribution < 1.29 is 9.59 Å². The highest BCUT2D eigenvalue weighted by Gasteiger charge is 2.32. The van der Waals surface area contributed by atoms with Crippen LogP contribution in [0.5, 0.6) is 0 Å². The molecule has 6 heteroatoms. The molecule has 0 saturated carbocycles. The zero-order valence-electron chi connectivity index (χ0n) is 11.5. The molecule has 2 atom stereocenters. The van der Waals surface area contributed by atoms with Crippen LogP contribution >= 0.6 is 11.3 Å². The summed E-state index contributed by atoms with van der Waals surface area (Å²) in [7, 11) is 0. The molecule has 2 aromatic rings. The first kappa shape index (κ1) is 13.8. The number of amides is 2. The first-order valence-electron chi connectivity index (χ1n) is 6.73. The maximum absolute atomic E-state index is 12.1. The fraction of sp³-hybridized carbons (Fsp3) is 0.267. The van der Waals surface area contributed by atoms with Gasteiger partial charge in [-0.15, -0.1) is 11.3 Å². The first-order chi connectivity index (χ1) is 10.1. The minimum absolute atomic E-state index is 0.117. The number of thiazole rings is 1. The van der Waals surface area contributed by atoms with E-state index in [1.807, 2.05) is 36.6 Å². The molecule has 0 radical (unpaired) electrons. The molecule has 2 amide bonds. The smallest absolute Gasteiger partial charge is 0.232 e. The van der Waals surface area contributed by atoms with Gasteiger partial charge in [-0.2, -0.15) is 0 Å². The van der Waals surface area contributed by atoms with Gasteiger partial charge in [0.05, 0.1) is 12.0 Å². The van der Waals surface area contributed by atoms with Gasteiger partial charge in [0.25, 0.3) is 0 Å². The van der Waals surface area contributed by atoms with E-state index >= 15 is 0 Å². The molecule has 1 aliphatic heterocycles. The largest absolute Gasteiger partial charge is 0.347 e. The standard InChI is InChI=1S/C15H15N3O2S/c1-9(15-16-6-7-21-15)17-13(19)8-11-10-4-2-3-5-12(10)18-14(11)20/h2-7,9,11H,8H2,1H3,(H,17,19)(H,18,20). The highest BCUT2D eigenvalue weighted by atomic mass is 32.1. The third-order valence-corrected chi connectivity index (χ3v) is 4.46. The van der Waals surface area contributed by atoms with Crippen LogP contribution in [0.25, 0.3) is 0 Å². The molecule has 5 nitrogen and oxygen atoms in total. The van der Waals surface area contributed by atoms with E-state index in [0.717, 1.165) is 16.3 Å². The molecule has 1 aliphatic rings. The molecular weight excluding hydrogens is 286 g/mol. The lowest BCUT2D eigenvalue weighted by Crippen LogP contribution is -2.29. The van der Waals surface area contributed by atoms with Crippen molar-refractivity contribution in [2.45, 2.75) is 25.3 Å². The maximum atomic E-state index is 12.1. The molecule has 0 aliphatic carbocycles. The molecule has 0 spiro atoms. The molecule has 2 N–H and O–H groups in total. The fourth-order valence-corrected chi connectivity index (χ4v) is 3.12. The van der Waals surface area contributed by atoms with Crippen molar-refractivity contribution in [1.82, 2.24) is 10.3 Å². The monoisotopic (exact) mass is 301 g/mol. The van der Waals surface area contributed by atoms with Gasteiger partial charge in [-0.05, 0) is 18.6 Å². The van der Waals surface area contributed by atoms with Crippen molar-refractivity contribution in [3.8, 4) is 0 Å². The summed E-state index contributed by atoms with van der Waals surface area (Å²) in [5.74, 6) is -0.674. The normalized spacial score (nSPS) is 18.0. The number of aromatic nitrogens is 1. The number of para-hydroxylation sites is 1. The summed E-state index contributed by atoms with van der Waals surface area (Å²) < 4.78 is 0. The van der Waals surface area contributed by atoms with Gasteiger partial charge >= 0.3 is 0 Å². The van der Waals surface area contributed by atoms with E-state index in [-0.39, 0.29) is 24.3 Å². The van der Waals surface area contributed by atoms with Gasteiger partial charge in [-0.1, -0.05) is 18.2 Å². The van der Waals surface area contributed by atoms with Crippen molar-refractivity contribution in [3.05, 3.63) is 46.4 Å². The Morgan fingerprint density at radius 3 is 3.05 bits per heavy atom. The van der Waals surface area contributed by atoms with Crippen LogP contribution in [0.15, 0.2) is 35.8 Å². The molecule has 1 aromatic heterocycles. The second kappa shape index (κ2) is 5.65. The van der Waals surface area contributed by atoms with E-state index in [1.165, 1.54) is 11.3 Å². The lowest BCUT2D eigenvalue weighted by molar-refractivity contribution is -0.125. The van der Waals surface area contributed by atoms with Crippen LogP contribution < -0.4 is 10.6 Å². The van der Waals surface area contributed by atoms with Crippen LogP contribution in [0.4, 0.5) is 5.69 Å². The Morgan fingerprint density at radius 1 is 1.48 bits per heavy atom. The molecule has 3 rings (SSSR count). The number of benzene rings is 1. The Labute approximate surface area is 126 Å². The van der Waals surface area contributed by atoms with Crippen LogP contribution in [-0.2, 0) is 9.59 Å². The van der Waals surface area contributed by atoms with Crippen molar-refractivity contribution in [1.29, 1.82) is 0 Å². The summed E-state index contributed by atoms with van der Waals surface area (Å²) in [6, 6.07) is 7.34. The molecule has 0 fully saturated rings. The minimum Gasteiger partial charge on any atom is -0.347 e. The Hall–Kier alpha value is -2.21. The van der Waals surface area contributed by atoms with Gasteiger partial charge in [0.15, 0.2) is 0 Å².